The highest BCUT2D eigenvalue weighted by Crippen LogP contribution is 2.30. The van der Waals surface area contributed by atoms with E-state index in [2.05, 4.69) is 33.3 Å². The summed E-state index contributed by atoms with van der Waals surface area (Å²) in [5.41, 5.74) is 1.05. The second-order valence-corrected chi connectivity index (χ2v) is 6.59. The molecule has 0 spiro atoms. The highest BCUT2D eigenvalue weighted by Gasteiger charge is 2.24. The van der Waals surface area contributed by atoms with Crippen molar-refractivity contribution in [3.63, 3.8) is 0 Å². The van der Waals surface area contributed by atoms with Crippen molar-refractivity contribution in [3.8, 4) is 0 Å². The Morgan fingerprint density at radius 3 is 2.78 bits per heavy atom. The Morgan fingerprint density at radius 2 is 2.09 bits per heavy atom. The zero-order valence-corrected chi connectivity index (χ0v) is 14.0. The molecule has 1 aromatic heterocycles. The van der Waals surface area contributed by atoms with Crippen LogP contribution in [0.5, 0.6) is 0 Å². The number of aliphatic hydroxyl groups excluding tert-OH is 1. The van der Waals surface area contributed by atoms with Crippen LogP contribution in [-0.4, -0.2) is 54.5 Å². The number of aromatic nitrogens is 2. The van der Waals surface area contributed by atoms with Gasteiger partial charge in [-0.2, -0.15) is 4.98 Å². The third-order valence-corrected chi connectivity index (χ3v) is 4.96. The van der Waals surface area contributed by atoms with Crippen molar-refractivity contribution >= 4 is 11.8 Å². The largest absolute Gasteiger partial charge is 0.395 e. The molecule has 2 N–H and O–H groups in total. The van der Waals surface area contributed by atoms with Crippen molar-refractivity contribution in [2.75, 3.05) is 43.6 Å². The second kappa shape index (κ2) is 7.93. The molecule has 2 fully saturated rings. The van der Waals surface area contributed by atoms with Crippen LogP contribution >= 0.6 is 0 Å². The van der Waals surface area contributed by atoms with E-state index in [-0.39, 0.29) is 6.61 Å². The molecule has 6 heteroatoms. The molecule has 1 aromatic rings. The Hall–Kier alpha value is -1.40. The topological polar surface area (TPSA) is 70.5 Å². The molecule has 3 rings (SSSR count). The van der Waals surface area contributed by atoms with Gasteiger partial charge in [0.1, 0.15) is 5.82 Å². The quantitative estimate of drug-likeness (QED) is 0.837. The summed E-state index contributed by atoms with van der Waals surface area (Å²) < 4.78 is 5.51. The first-order valence-corrected chi connectivity index (χ1v) is 8.82. The Bertz CT molecular complexity index is 499. The first-order valence-electron chi connectivity index (χ1n) is 8.82. The molecule has 1 unspecified atom stereocenters. The van der Waals surface area contributed by atoms with Crippen molar-refractivity contribution in [3.05, 3.63) is 11.8 Å². The van der Waals surface area contributed by atoms with E-state index >= 15 is 0 Å². The van der Waals surface area contributed by atoms with Gasteiger partial charge in [0, 0.05) is 38.2 Å². The van der Waals surface area contributed by atoms with E-state index in [1.165, 1.54) is 32.1 Å². The summed E-state index contributed by atoms with van der Waals surface area (Å²) in [6, 6.07) is 2.69. The van der Waals surface area contributed by atoms with Crippen LogP contribution in [0, 0.1) is 0 Å². The summed E-state index contributed by atoms with van der Waals surface area (Å²) in [7, 11) is 2.14. The zero-order valence-electron chi connectivity index (χ0n) is 14.0. The van der Waals surface area contributed by atoms with Crippen LogP contribution in [0.4, 0.5) is 11.8 Å². The zero-order chi connectivity index (χ0) is 16.1. The van der Waals surface area contributed by atoms with E-state index < -0.39 is 0 Å². The summed E-state index contributed by atoms with van der Waals surface area (Å²) in [6.45, 7) is 2.09. The van der Waals surface area contributed by atoms with Crippen LogP contribution in [0.1, 0.15) is 50.1 Å². The molecule has 6 nitrogen and oxygen atoms in total. The van der Waals surface area contributed by atoms with Crippen molar-refractivity contribution in [2.45, 2.75) is 50.5 Å². The lowest BCUT2D eigenvalue weighted by Gasteiger charge is -2.32. The number of rotatable bonds is 6. The maximum atomic E-state index is 9.04. The lowest BCUT2D eigenvalue weighted by atomic mass is 9.94. The summed E-state index contributed by atoms with van der Waals surface area (Å²) in [5.74, 6) is 1.95. The van der Waals surface area contributed by atoms with Gasteiger partial charge in [0.2, 0.25) is 5.95 Å². The molecule has 23 heavy (non-hydrogen) atoms. The second-order valence-electron chi connectivity index (χ2n) is 6.59. The minimum absolute atomic E-state index is 0.0773. The van der Waals surface area contributed by atoms with Crippen LogP contribution in [0.25, 0.3) is 0 Å². The van der Waals surface area contributed by atoms with Crippen LogP contribution < -0.4 is 10.2 Å². The molecule has 1 aliphatic heterocycles. The van der Waals surface area contributed by atoms with Crippen LogP contribution in [0.3, 0.4) is 0 Å². The first kappa shape index (κ1) is 16.5. The summed E-state index contributed by atoms with van der Waals surface area (Å²) in [4.78, 5) is 11.6. The highest BCUT2D eigenvalue weighted by atomic mass is 16.5. The van der Waals surface area contributed by atoms with Gasteiger partial charge in [-0.15, -0.1) is 0 Å². The third-order valence-electron chi connectivity index (χ3n) is 4.96. The number of hydrogen-bond acceptors (Lipinski definition) is 6. The minimum atomic E-state index is 0.0773. The van der Waals surface area contributed by atoms with Crippen molar-refractivity contribution in [2.24, 2.45) is 0 Å². The molecule has 128 valence electrons. The average molecular weight is 320 g/mol. The molecular formula is C17H28N4O2. The summed E-state index contributed by atoms with van der Waals surface area (Å²) >= 11 is 0. The highest BCUT2D eigenvalue weighted by molar-refractivity contribution is 5.46. The predicted molar refractivity (Wildman–Crippen MR) is 91.1 cm³/mol. The molecule has 1 saturated heterocycles. The molecule has 0 radical (unpaired) electrons. The van der Waals surface area contributed by atoms with Gasteiger partial charge in [-0.05, 0) is 19.3 Å². The molecule has 2 aliphatic rings. The predicted octanol–water partition coefficient (Wildman–Crippen LogP) is 2.15. The number of anilines is 2. The number of nitrogens with zero attached hydrogens (tertiary/aromatic N) is 3. The first-order chi connectivity index (χ1) is 11.3. The summed E-state index contributed by atoms with van der Waals surface area (Å²) in [6.07, 6.45) is 7.45. The molecule has 2 heterocycles. The maximum Gasteiger partial charge on any atom is 0.224 e. The normalized spacial score (nSPS) is 22.3. The fraction of sp³-hybridized carbons (Fsp3) is 0.765. The number of aliphatic hydroxyl groups is 1. The van der Waals surface area contributed by atoms with Gasteiger partial charge in [0.05, 0.1) is 18.9 Å². The average Bonchev–Trinajstić information content (AvgIpc) is 3.14. The van der Waals surface area contributed by atoms with E-state index in [0.717, 1.165) is 31.1 Å². The van der Waals surface area contributed by atoms with Crippen LogP contribution in [0.2, 0.25) is 0 Å². The van der Waals surface area contributed by atoms with E-state index in [1.807, 2.05) is 0 Å². The number of ether oxygens (including phenoxy) is 1. The molecule has 1 aliphatic carbocycles. The van der Waals surface area contributed by atoms with Gasteiger partial charge in [-0.25, -0.2) is 4.98 Å². The van der Waals surface area contributed by atoms with Crippen LogP contribution in [-0.2, 0) is 4.74 Å². The van der Waals surface area contributed by atoms with Gasteiger partial charge in [-0.1, -0.05) is 19.3 Å². The van der Waals surface area contributed by atoms with Gasteiger partial charge < -0.3 is 20.1 Å². The van der Waals surface area contributed by atoms with Gasteiger partial charge in [0.15, 0.2) is 0 Å². The van der Waals surface area contributed by atoms with E-state index in [0.29, 0.717) is 24.5 Å². The fourth-order valence-corrected chi connectivity index (χ4v) is 3.51. The standard InChI is InChI=1S/C17H28N4O2/c1-21(14-5-3-2-4-6-14)16-11-15(13-7-10-23-12-13)19-17(20-16)18-8-9-22/h11,13-14,22H,2-10,12H2,1H3,(H,18,19,20). The Kier molecular flexibility index (Phi) is 5.67. The Morgan fingerprint density at radius 1 is 1.26 bits per heavy atom. The fourth-order valence-electron chi connectivity index (χ4n) is 3.51. The molecule has 0 aromatic carbocycles. The molecule has 0 amide bonds. The molecule has 0 bridgehead atoms. The van der Waals surface area contributed by atoms with E-state index in [1.54, 1.807) is 0 Å². The van der Waals surface area contributed by atoms with Gasteiger partial charge in [0.25, 0.3) is 0 Å². The SMILES string of the molecule is CN(c1cc(C2CCOC2)nc(NCCO)n1)C1CCCCC1. The maximum absolute atomic E-state index is 9.04. The monoisotopic (exact) mass is 320 g/mol. The van der Waals surface area contributed by atoms with Gasteiger partial charge >= 0.3 is 0 Å². The Labute approximate surface area is 138 Å². The summed E-state index contributed by atoms with van der Waals surface area (Å²) in [5, 5.41) is 12.2. The van der Waals surface area contributed by atoms with E-state index in [9.17, 15) is 0 Å². The lowest BCUT2D eigenvalue weighted by Crippen LogP contribution is -2.34. The lowest BCUT2D eigenvalue weighted by molar-refractivity contribution is 0.193. The van der Waals surface area contributed by atoms with Crippen molar-refractivity contribution < 1.29 is 9.84 Å². The van der Waals surface area contributed by atoms with Crippen molar-refractivity contribution in [1.29, 1.82) is 0 Å². The smallest absolute Gasteiger partial charge is 0.224 e. The van der Waals surface area contributed by atoms with E-state index in [4.69, 9.17) is 9.84 Å². The van der Waals surface area contributed by atoms with Crippen LogP contribution in [0.15, 0.2) is 6.07 Å². The van der Waals surface area contributed by atoms with Gasteiger partial charge in [-0.3, -0.25) is 0 Å². The number of hydrogen-bond donors (Lipinski definition) is 2. The third kappa shape index (κ3) is 4.12. The number of nitrogens with one attached hydrogen (secondary N) is 1. The molecule has 1 saturated carbocycles. The molecule has 1 atom stereocenters. The van der Waals surface area contributed by atoms with Crippen molar-refractivity contribution in [1.82, 2.24) is 9.97 Å². The molecular weight excluding hydrogens is 292 g/mol. The Balaban J connectivity index is 1.82. The minimum Gasteiger partial charge on any atom is -0.395 e.